The lowest BCUT2D eigenvalue weighted by Crippen LogP contribution is -2.27. The van der Waals surface area contributed by atoms with Gasteiger partial charge in [-0.15, -0.1) is 0 Å². The molecule has 0 aromatic rings. The van der Waals surface area contributed by atoms with E-state index in [2.05, 4.69) is 12.2 Å². The van der Waals surface area contributed by atoms with E-state index in [1.54, 1.807) is 6.08 Å². The Bertz CT molecular complexity index is 295. The van der Waals surface area contributed by atoms with E-state index in [1.807, 2.05) is 6.08 Å². The molecule has 102 valence electrons. The zero-order chi connectivity index (χ0) is 12.8. The van der Waals surface area contributed by atoms with Crippen molar-refractivity contribution in [1.29, 1.82) is 0 Å². The second-order valence-corrected chi connectivity index (χ2v) is 5.62. The molecule has 0 aromatic carbocycles. The van der Waals surface area contributed by atoms with Gasteiger partial charge in [0.2, 0.25) is 5.91 Å². The fourth-order valence-corrected chi connectivity index (χ4v) is 2.71. The SMILES string of the molecule is CC[C@@H]1C[C@H]1CC/C=C/C(=O)NCC1CCOC1. The highest BCUT2D eigenvalue weighted by atomic mass is 16.5. The number of rotatable bonds is 7. The van der Waals surface area contributed by atoms with Crippen molar-refractivity contribution in [2.45, 2.75) is 39.0 Å². The molecule has 3 heteroatoms. The Kier molecular flexibility index (Phi) is 5.24. The second kappa shape index (κ2) is 6.93. The number of carbonyl (C=O) groups is 1. The third-order valence-corrected chi connectivity index (χ3v) is 4.16. The molecule has 1 amide bonds. The minimum absolute atomic E-state index is 0.0461. The largest absolute Gasteiger partial charge is 0.381 e. The van der Waals surface area contributed by atoms with Crippen LogP contribution in [0.4, 0.5) is 0 Å². The van der Waals surface area contributed by atoms with Crippen LogP contribution in [0.3, 0.4) is 0 Å². The zero-order valence-electron chi connectivity index (χ0n) is 11.4. The number of amides is 1. The molecule has 1 aliphatic carbocycles. The van der Waals surface area contributed by atoms with Crippen LogP contribution < -0.4 is 5.32 Å². The first kappa shape index (κ1) is 13.6. The number of nitrogens with one attached hydrogen (secondary N) is 1. The molecule has 3 nitrogen and oxygen atoms in total. The molecule has 1 aliphatic heterocycles. The monoisotopic (exact) mass is 251 g/mol. The van der Waals surface area contributed by atoms with Crippen molar-refractivity contribution in [3.05, 3.63) is 12.2 Å². The highest BCUT2D eigenvalue weighted by Gasteiger charge is 2.33. The van der Waals surface area contributed by atoms with Crippen molar-refractivity contribution in [3.63, 3.8) is 0 Å². The van der Waals surface area contributed by atoms with Crippen molar-refractivity contribution in [3.8, 4) is 0 Å². The van der Waals surface area contributed by atoms with E-state index in [9.17, 15) is 4.79 Å². The van der Waals surface area contributed by atoms with Gasteiger partial charge < -0.3 is 10.1 Å². The smallest absolute Gasteiger partial charge is 0.243 e. The summed E-state index contributed by atoms with van der Waals surface area (Å²) in [5.41, 5.74) is 0. The van der Waals surface area contributed by atoms with E-state index in [0.29, 0.717) is 5.92 Å². The third-order valence-electron chi connectivity index (χ3n) is 4.16. The van der Waals surface area contributed by atoms with Crippen molar-refractivity contribution in [2.75, 3.05) is 19.8 Å². The van der Waals surface area contributed by atoms with Crippen LogP contribution in [-0.2, 0) is 9.53 Å². The zero-order valence-corrected chi connectivity index (χ0v) is 11.4. The van der Waals surface area contributed by atoms with Crippen molar-refractivity contribution >= 4 is 5.91 Å². The van der Waals surface area contributed by atoms with E-state index in [4.69, 9.17) is 4.74 Å². The van der Waals surface area contributed by atoms with Gasteiger partial charge in [-0.25, -0.2) is 0 Å². The summed E-state index contributed by atoms with van der Waals surface area (Å²) in [5, 5.41) is 2.94. The molecule has 0 radical (unpaired) electrons. The average Bonchev–Trinajstić information content (AvgIpc) is 2.93. The van der Waals surface area contributed by atoms with Crippen LogP contribution in [0.2, 0.25) is 0 Å². The molecular weight excluding hydrogens is 226 g/mol. The Morgan fingerprint density at radius 3 is 3.00 bits per heavy atom. The van der Waals surface area contributed by atoms with Crippen LogP contribution in [-0.4, -0.2) is 25.7 Å². The Hall–Kier alpha value is -0.830. The molecule has 0 aromatic heterocycles. The van der Waals surface area contributed by atoms with E-state index in [-0.39, 0.29) is 5.91 Å². The maximum atomic E-state index is 11.5. The minimum atomic E-state index is 0.0461. The molecule has 1 saturated heterocycles. The summed E-state index contributed by atoms with van der Waals surface area (Å²) >= 11 is 0. The Morgan fingerprint density at radius 2 is 2.33 bits per heavy atom. The summed E-state index contributed by atoms with van der Waals surface area (Å²) < 4.78 is 5.27. The lowest BCUT2D eigenvalue weighted by Gasteiger charge is -2.07. The molecule has 0 bridgehead atoms. The van der Waals surface area contributed by atoms with E-state index >= 15 is 0 Å². The lowest BCUT2D eigenvalue weighted by molar-refractivity contribution is -0.116. The first-order valence-electron chi connectivity index (χ1n) is 7.31. The molecule has 3 atom stereocenters. The van der Waals surface area contributed by atoms with Crippen LogP contribution >= 0.6 is 0 Å². The third kappa shape index (κ3) is 4.45. The second-order valence-electron chi connectivity index (χ2n) is 5.62. The predicted molar refractivity (Wildman–Crippen MR) is 72.2 cm³/mol. The molecule has 1 unspecified atom stereocenters. The van der Waals surface area contributed by atoms with Gasteiger partial charge in [0.1, 0.15) is 0 Å². The molecule has 0 spiro atoms. The maximum Gasteiger partial charge on any atom is 0.243 e. The number of ether oxygens (including phenoxy) is 1. The van der Waals surface area contributed by atoms with Crippen LogP contribution in [0.1, 0.15) is 39.0 Å². The van der Waals surface area contributed by atoms with Gasteiger partial charge in [-0.3, -0.25) is 4.79 Å². The summed E-state index contributed by atoms with van der Waals surface area (Å²) in [5.74, 6) is 2.46. The van der Waals surface area contributed by atoms with Crippen molar-refractivity contribution in [1.82, 2.24) is 5.32 Å². The van der Waals surface area contributed by atoms with Crippen LogP contribution in [0.15, 0.2) is 12.2 Å². The van der Waals surface area contributed by atoms with Crippen molar-refractivity contribution in [2.24, 2.45) is 17.8 Å². The van der Waals surface area contributed by atoms with E-state index < -0.39 is 0 Å². The molecular formula is C15H25NO2. The Balaban J connectivity index is 1.50. The van der Waals surface area contributed by atoms with E-state index in [1.165, 1.54) is 19.3 Å². The molecule has 1 saturated carbocycles. The van der Waals surface area contributed by atoms with Crippen molar-refractivity contribution < 1.29 is 9.53 Å². The highest BCUT2D eigenvalue weighted by Crippen LogP contribution is 2.44. The van der Waals surface area contributed by atoms with Crippen LogP contribution in [0.25, 0.3) is 0 Å². The normalized spacial score (nSPS) is 30.8. The number of hydrogen-bond acceptors (Lipinski definition) is 2. The fourth-order valence-electron chi connectivity index (χ4n) is 2.71. The Morgan fingerprint density at radius 1 is 1.44 bits per heavy atom. The van der Waals surface area contributed by atoms with Gasteiger partial charge in [0.25, 0.3) is 0 Å². The van der Waals surface area contributed by atoms with Gasteiger partial charge in [0.05, 0.1) is 6.61 Å². The van der Waals surface area contributed by atoms with Crippen LogP contribution in [0.5, 0.6) is 0 Å². The van der Waals surface area contributed by atoms with Gasteiger partial charge in [-0.05, 0) is 43.6 Å². The maximum absolute atomic E-state index is 11.5. The average molecular weight is 251 g/mol. The van der Waals surface area contributed by atoms with Gasteiger partial charge in [-0.1, -0.05) is 19.4 Å². The van der Waals surface area contributed by atoms with Gasteiger partial charge in [0.15, 0.2) is 0 Å². The summed E-state index contributed by atoms with van der Waals surface area (Å²) in [4.78, 5) is 11.5. The quantitative estimate of drug-likeness (QED) is 0.706. The number of carbonyl (C=O) groups excluding carboxylic acids is 1. The van der Waals surface area contributed by atoms with Gasteiger partial charge in [0, 0.05) is 19.1 Å². The fraction of sp³-hybridized carbons (Fsp3) is 0.800. The standard InChI is InChI=1S/C15H25NO2/c1-2-13-9-14(13)5-3-4-6-15(17)16-10-12-7-8-18-11-12/h4,6,12-14H,2-3,5,7-11H2,1H3,(H,16,17)/b6-4+/t12?,13-,14-/m1/s1. The molecule has 1 heterocycles. The molecule has 2 aliphatic rings. The summed E-state index contributed by atoms with van der Waals surface area (Å²) in [6, 6.07) is 0. The van der Waals surface area contributed by atoms with Gasteiger partial charge in [-0.2, -0.15) is 0 Å². The van der Waals surface area contributed by atoms with Gasteiger partial charge >= 0.3 is 0 Å². The molecule has 18 heavy (non-hydrogen) atoms. The molecule has 1 N–H and O–H groups in total. The minimum Gasteiger partial charge on any atom is -0.381 e. The topological polar surface area (TPSA) is 38.3 Å². The predicted octanol–water partition coefficient (Wildman–Crippen LogP) is 2.52. The first-order valence-corrected chi connectivity index (χ1v) is 7.31. The molecule has 2 rings (SSSR count). The first-order chi connectivity index (χ1) is 8.79. The summed E-state index contributed by atoms with van der Waals surface area (Å²) in [7, 11) is 0. The number of hydrogen-bond donors (Lipinski definition) is 1. The summed E-state index contributed by atoms with van der Waals surface area (Å²) in [6.07, 6.45) is 9.80. The lowest BCUT2D eigenvalue weighted by atomic mass is 10.1. The van der Waals surface area contributed by atoms with Crippen LogP contribution in [0, 0.1) is 17.8 Å². The Labute approximate surface area is 110 Å². The highest BCUT2D eigenvalue weighted by molar-refractivity contribution is 5.87. The molecule has 2 fully saturated rings. The van der Waals surface area contributed by atoms with E-state index in [0.717, 1.165) is 44.4 Å². The number of allylic oxidation sites excluding steroid dienone is 1. The summed E-state index contributed by atoms with van der Waals surface area (Å²) in [6.45, 7) is 4.66.